The number of aryl methyl sites for hydroxylation is 3. The van der Waals surface area contributed by atoms with Gasteiger partial charge in [0.25, 0.3) is 0 Å². The minimum absolute atomic E-state index is 0.0705. The maximum absolute atomic E-state index is 11.9. The minimum Gasteiger partial charge on any atom is -0.355 e. The van der Waals surface area contributed by atoms with Crippen LogP contribution in [0.2, 0.25) is 0 Å². The lowest BCUT2D eigenvalue weighted by Crippen LogP contribution is -2.43. The van der Waals surface area contributed by atoms with Crippen LogP contribution in [0.3, 0.4) is 0 Å². The molecule has 1 rings (SSSR count). The first-order valence-corrected chi connectivity index (χ1v) is 7.48. The van der Waals surface area contributed by atoms with E-state index in [9.17, 15) is 4.79 Å². The van der Waals surface area contributed by atoms with Crippen LogP contribution in [0.25, 0.3) is 0 Å². The van der Waals surface area contributed by atoms with Crippen LogP contribution in [0.1, 0.15) is 55.5 Å². The number of carbonyl (C=O) groups excluding carboxylic acids is 1. The molecule has 0 aliphatic rings. The van der Waals surface area contributed by atoms with E-state index in [4.69, 9.17) is 0 Å². The summed E-state index contributed by atoms with van der Waals surface area (Å²) < 4.78 is 0. The van der Waals surface area contributed by atoms with E-state index in [2.05, 4.69) is 57.4 Å². The zero-order valence-corrected chi connectivity index (χ0v) is 13.6. The SMILES string of the molecule is CCCNC(=O)C(C)NC(C)c1c(C)cc(C)cc1C. The molecule has 2 unspecified atom stereocenters. The molecule has 0 radical (unpaired) electrons. The summed E-state index contributed by atoms with van der Waals surface area (Å²) >= 11 is 0. The highest BCUT2D eigenvalue weighted by atomic mass is 16.2. The molecule has 0 heterocycles. The molecule has 0 bridgehead atoms. The fraction of sp³-hybridized carbons (Fsp3) is 0.588. The Kier molecular flexibility index (Phi) is 6.21. The highest BCUT2D eigenvalue weighted by Crippen LogP contribution is 2.23. The lowest BCUT2D eigenvalue weighted by molar-refractivity contribution is -0.122. The van der Waals surface area contributed by atoms with Gasteiger partial charge < -0.3 is 5.32 Å². The van der Waals surface area contributed by atoms with Gasteiger partial charge in [0.2, 0.25) is 5.91 Å². The van der Waals surface area contributed by atoms with E-state index < -0.39 is 0 Å². The van der Waals surface area contributed by atoms with Crippen LogP contribution in [0.5, 0.6) is 0 Å². The van der Waals surface area contributed by atoms with E-state index in [0.29, 0.717) is 0 Å². The molecule has 0 saturated heterocycles. The van der Waals surface area contributed by atoms with E-state index >= 15 is 0 Å². The van der Waals surface area contributed by atoms with Crippen LogP contribution in [-0.4, -0.2) is 18.5 Å². The monoisotopic (exact) mass is 276 g/mol. The van der Waals surface area contributed by atoms with Crippen LogP contribution in [-0.2, 0) is 4.79 Å². The molecule has 2 atom stereocenters. The molecular formula is C17H28N2O. The van der Waals surface area contributed by atoms with Gasteiger partial charge in [-0.3, -0.25) is 10.1 Å². The summed E-state index contributed by atoms with van der Waals surface area (Å²) in [5.41, 5.74) is 5.14. The average Bonchev–Trinajstić information content (AvgIpc) is 2.34. The van der Waals surface area contributed by atoms with Crippen molar-refractivity contribution in [3.8, 4) is 0 Å². The van der Waals surface area contributed by atoms with Gasteiger partial charge in [-0.1, -0.05) is 24.6 Å². The van der Waals surface area contributed by atoms with E-state index in [1.54, 1.807) is 0 Å². The summed E-state index contributed by atoms with van der Waals surface area (Å²) in [6.45, 7) is 13.2. The van der Waals surface area contributed by atoms with Crippen molar-refractivity contribution in [3.05, 3.63) is 34.4 Å². The maximum atomic E-state index is 11.9. The second-order valence-corrected chi connectivity index (χ2v) is 5.71. The number of carbonyl (C=O) groups is 1. The lowest BCUT2D eigenvalue weighted by atomic mass is 9.94. The van der Waals surface area contributed by atoms with Gasteiger partial charge in [-0.15, -0.1) is 0 Å². The van der Waals surface area contributed by atoms with Crippen LogP contribution in [0, 0.1) is 20.8 Å². The van der Waals surface area contributed by atoms with Crippen molar-refractivity contribution in [1.29, 1.82) is 0 Å². The quantitative estimate of drug-likeness (QED) is 0.838. The zero-order valence-electron chi connectivity index (χ0n) is 13.6. The second-order valence-electron chi connectivity index (χ2n) is 5.71. The van der Waals surface area contributed by atoms with Gasteiger partial charge in [-0.05, 0) is 57.7 Å². The van der Waals surface area contributed by atoms with E-state index in [1.807, 2.05) is 6.92 Å². The summed E-state index contributed by atoms with van der Waals surface area (Å²) in [7, 11) is 0. The van der Waals surface area contributed by atoms with Crippen LogP contribution < -0.4 is 10.6 Å². The lowest BCUT2D eigenvalue weighted by Gasteiger charge is -2.23. The van der Waals surface area contributed by atoms with E-state index in [1.165, 1.54) is 22.3 Å². The van der Waals surface area contributed by atoms with Crippen LogP contribution in [0.15, 0.2) is 12.1 Å². The summed E-state index contributed by atoms with van der Waals surface area (Å²) in [4.78, 5) is 11.9. The van der Waals surface area contributed by atoms with Gasteiger partial charge in [-0.25, -0.2) is 0 Å². The maximum Gasteiger partial charge on any atom is 0.236 e. The third-order valence-corrected chi connectivity index (χ3v) is 3.61. The summed E-state index contributed by atoms with van der Waals surface area (Å²) in [5, 5.41) is 6.32. The highest BCUT2D eigenvalue weighted by molar-refractivity contribution is 5.81. The molecule has 3 nitrogen and oxygen atoms in total. The Hall–Kier alpha value is -1.35. The second kappa shape index (κ2) is 7.44. The van der Waals surface area contributed by atoms with Crippen molar-refractivity contribution in [2.45, 2.75) is 60.0 Å². The van der Waals surface area contributed by atoms with Gasteiger partial charge in [0, 0.05) is 12.6 Å². The van der Waals surface area contributed by atoms with Crippen molar-refractivity contribution >= 4 is 5.91 Å². The number of hydrogen-bond donors (Lipinski definition) is 2. The first kappa shape index (κ1) is 16.7. The Morgan fingerprint density at radius 1 is 1.15 bits per heavy atom. The van der Waals surface area contributed by atoms with E-state index in [0.717, 1.165) is 13.0 Å². The molecule has 2 N–H and O–H groups in total. The van der Waals surface area contributed by atoms with Crippen LogP contribution >= 0.6 is 0 Å². The minimum atomic E-state index is -0.184. The topological polar surface area (TPSA) is 41.1 Å². The highest BCUT2D eigenvalue weighted by Gasteiger charge is 2.18. The molecule has 0 fully saturated rings. The van der Waals surface area contributed by atoms with Gasteiger partial charge in [0.05, 0.1) is 6.04 Å². The number of hydrogen-bond acceptors (Lipinski definition) is 2. The number of amides is 1. The summed E-state index contributed by atoms with van der Waals surface area (Å²) in [6, 6.07) is 4.37. The molecule has 3 heteroatoms. The first-order valence-electron chi connectivity index (χ1n) is 7.48. The fourth-order valence-electron chi connectivity index (χ4n) is 2.81. The molecule has 0 aliphatic heterocycles. The Morgan fingerprint density at radius 2 is 1.70 bits per heavy atom. The molecule has 1 amide bonds. The molecular weight excluding hydrogens is 248 g/mol. The third-order valence-electron chi connectivity index (χ3n) is 3.61. The smallest absolute Gasteiger partial charge is 0.236 e. The Morgan fingerprint density at radius 3 is 2.20 bits per heavy atom. The van der Waals surface area contributed by atoms with Gasteiger partial charge >= 0.3 is 0 Å². The van der Waals surface area contributed by atoms with Crippen molar-refractivity contribution < 1.29 is 4.79 Å². The molecule has 1 aromatic carbocycles. The average molecular weight is 276 g/mol. The van der Waals surface area contributed by atoms with Crippen molar-refractivity contribution in [1.82, 2.24) is 10.6 Å². The molecule has 1 aromatic rings. The zero-order chi connectivity index (χ0) is 15.3. The Labute approximate surface area is 123 Å². The van der Waals surface area contributed by atoms with Crippen LogP contribution in [0.4, 0.5) is 0 Å². The van der Waals surface area contributed by atoms with Crippen molar-refractivity contribution in [2.24, 2.45) is 0 Å². The number of rotatable bonds is 6. The largest absolute Gasteiger partial charge is 0.355 e. The number of benzene rings is 1. The van der Waals surface area contributed by atoms with E-state index in [-0.39, 0.29) is 18.0 Å². The Balaban J connectivity index is 2.76. The third kappa shape index (κ3) is 4.34. The predicted molar refractivity (Wildman–Crippen MR) is 85.0 cm³/mol. The standard InChI is InChI=1S/C17H28N2O/c1-7-8-18-17(20)15(6)19-14(5)16-12(3)9-11(2)10-13(16)4/h9-10,14-15,19H,7-8H2,1-6H3,(H,18,20). The van der Waals surface area contributed by atoms with Gasteiger partial charge in [-0.2, -0.15) is 0 Å². The molecule has 112 valence electrons. The number of nitrogens with one attached hydrogen (secondary N) is 2. The molecule has 0 spiro atoms. The molecule has 0 saturated carbocycles. The summed E-state index contributed by atoms with van der Waals surface area (Å²) in [5.74, 6) is 0.0705. The van der Waals surface area contributed by atoms with Crippen molar-refractivity contribution in [3.63, 3.8) is 0 Å². The van der Waals surface area contributed by atoms with Gasteiger partial charge in [0.1, 0.15) is 0 Å². The normalized spacial score (nSPS) is 13.9. The van der Waals surface area contributed by atoms with Crippen molar-refractivity contribution in [2.75, 3.05) is 6.54 Å². The molecule has 20 heavy (non-hydrogen) atoms. The Bertz CT molecular complexity index is 445. The molecule has 0 aromatic heterocycles. The fourth-order valence-corrected chi connectivity index (χ4v) is 2.81. The summed E-state index contributed by atoms with van der Waals surface area (Å²) in [6.07, 6.45) is 0.962. The van der Waals surface area contributed by atoms with Gasteiger partial charge in [0.15, 0.2) is 0 Å². The molecule has 0 aliphatic carbocycles. The predicted octanol–water partition coefficient (Wildman–Crippen LogP) is 3.18. The first-order chi connectivity index (χ1) is 9.36.